The average molecular weight is 207 g/mol. The quantitative estimate of drug-likeness (QED) is 0.432. The van der Waals surface area contributed by atoms with Gasteiger partial charge in [-0.05, 0) is 0 Å². The van der Waals surface area contributed by atoms with E-state index in [1.807, 2.05) is 0 Å². The van der Waals surface area contributed by atoms with Crippen LogP contribution < -0.4 is 0 Å². The van der Waals surface area contributed by atoms with Crippen LogP contribution in [-0.2, 0) is 5.04 Å². The zero-order valence-electron chi connectivity index (χ0n) is 1.66. The maximum atomic E-state index is 6.62. The molecule has 0 unspecified atom stereocenters. The van der Waals surface area contributed by atoms with Gasteiger partial charge in [-0.3, -0.25) is 0 Å². The molecule has 0 spiro atoms. The van der Waals surface area contributed by atoms with Crippen molar-refractivity contribution in [1.82, 2.24) is 0 Å². The van der Waals surface area contributed by atoms with Crippen LogP contribution in [-0.4, -0.2) is 10.5 Å². The third kappa shape index (κ3) is 10.7. The van der Waals surface area contributed by atoms with Gasteiger partial charge >= 0.3 is 0 Å². The smallest absolute Gasteiger partial charge is 0 e. The van der Waals surface area contributed by atoms with Gasteiger partial charge in [0.25, 0.3) is 0 Å². The Bertz CT molecular complexity index is 3.25. The molecule has 2 N–H and O–H groups in total. The third-order valence-corrected chi connectivity index (χ3v) is 0. The van der Waals surface area contributed by atoms with E-state index in [1.54, 1.807) is 0 Å². The van der Waals surface area contributed by atoms with Gasteiger partial charge in [0.1, 0.15) is 0 Å². The molecular formula is H2GdO3. The van der Waals surface area contributed by atoms with E-state index in [2.05, 4.69) is 5.04 Å². The van der Waals surface area contributed by atoms with Crippen molar-refractivity contribution in [2.45, 2.75) is 0 Å². The molecule has 0 aromatic heterocycles. The first kappa shape index (κ1) is 8.96. The fourth-order valence-electron chi connectivity index (χ4n) is 0. The Morgan fingerprint density at radius 3 is 1.25 bits per heavy atom. The molecule has 0 bridgehead atoms. The first-order valence-electron chi connectivity index (χ1n) is 0.365. The second-order valence-electron chi connectivity index (χ2n) is 0.0816. The van der Waals surface area contributed by atoms with Crippen LogP contribution in [0.5, 0.6) is 0 Å². The van der Waals surface area contributed by atoms with Gasteiger partial charge in [-0.1, -0.05) is 5.04 Å². The minimum atomic E-state index is 0. The molecule has 0 saturated carbocycles. The molecule has 4 heteroatoms. The van der Waals surface area contributed by atoms with Gasteiger partial charge in [-0.2, -0.15) is 0 Å². The fraction of sp³-hybridized carbons (Fsp3) is 0. The molecule has 0 radical (unpaired) electrons. The summed E-state index contributed by atoms with van der Waals surface area (Å²) in [5.41, 5.74) is 0. The summed E-state index contributed by atoms with van der Waals surface area (Å²) in [7, 11) is 0. The Labute approximate surface area is 55.1 Å². The SMILES string of the molecule is OOO.[Gd]. The van der Waals surface area contributed by atoms with E-state index in [4.69, 9.17) is 10.5 Å². The molecule has 0 atom stereocenters. The van der Waals surface area contributed by atoms with Gasteiger partial charge in [0, 0.05) is 39.9 Å². The standard InChI is InChI=1S/Gd.H2O3/c;1-3-2/h;1-2H. The van der Waals surface area contributed by atoms with Crippen LogP contribution >= 0.6 is 0 Å². The van der Waals surface area contributed by atoms with Crippen LogP contribution in [0.15, 0.2) is 0 Å². The predicted octanol–water partition coefficient (Wildman–Crippen LogP) is -0.0510. The summed E-state index contributed by atoms with van der Waals surface area (Å²) < 4.78 is 0. The number of hydrogen-bond donors (Lipinski definition) is 2. The molecule has 0 rings (SSSR count). The van der Waals surface area contributed by atoms with Crippen molar-refractivity contribution in [2.24, 2.45) is 0 Å². The van der Waals surface area contributed by atoms with Gasteiger partial charge in [0.15, 0.2) is 0 Å². The topological polar surface area (TPSA) is 49.7 Å². The van der Waals surface area contributed by atoms with Crippen molar-refractivity contribution in [3.05, 3.63) is 0 Å². The molecule has 0 fully saturated rings. The molecule has 0 saturated heterocycles. The van der Waals surface area contributed by atoms with Gasteiger partial charge in [0.05, 0.1) is 0 Å². The second-order valence-corrected chi connectivity index (χ2v) is 0.0816. The minimum Gasteiger partial charge on any atom is -0.221 e. The van der Waals surface area contributed by atoms with E-state index < -0.39 is 0 Å². The first-order valence-corrected chi connectivity index (χ1v) is 0.365. The largest absolute Gasteiger partial charge is 0.221 e. The van der Waals surface area contributed by atoms with E-state index in [0.29, 0.717) is 0 Å². The first-order chi connectivity index (χ1) is 1.41. The third-order valence-electron chi connectivity index (χ3n) is 0. The molecule has 0 aromatic carbocycles. The normalized spacial score (nSPS) is 4.50. The van der Waals surface area contributed by atoms with Crippen LogP contribution in [0.4, 0.5) is 0 Å². The Morgan fingerprint density at radius 1 is 1.25 bits per heavy atom. The summed E-state index contributed by atoms with van der Waals surface area (Å²) in [6.45, 7) is 0. The zero-order valence-corrected chi connectivity index (χ0v) is 3.92. The Morgan fingerprint density at radius 2 is 1.25 bits per heavy atom. The Balaban J connectivity index is 0. The summed E-state index contributed by atoms with van der Waals surface area (Å²) in [5, 5.41) is 15.5. The summed E-state index contributed by atoms with van der Waals surface area (Å²) in [6, 6.07) is 0. The summed E-state index contributed by atoms with van der Waals surface area (Å²) in [5.74, 6) is 0. The molecule has 0 aliphatic carbocycles. The average Bonchev–Trinajstić information content (AvgIpc) is 0.918. The second kappa shape index (κ2) is 8.88. The molecule has 3 nitrogen and oxygen atoms in total. The van der Waals surface area contributed by atoms with Crippen molar-refractivity contribution >= 4 is 0 Å². The van der Waals surface area contributed by atoms with Crippen molar-refractivity contribution in [3.8, 4) is 0 Å². The van der Waals surface area contributed by atoms with E-state index in [-0.39, 0.29) is 39.9 Å². The van der Waals surface area contributed by atoms with E-state index in [0.717, 1.165) is 0 Å². The maximum absolute atomic E-state index is 6.62. The summed E-state index contributed by atoms with van der Waals surface area (Å²) >= 11 is 0. The minimum absolute atomic E-state index is 0. The summed E-state index contributed by atoms with van der Waals surface area (Å²) in [4.78, 5) is 0. The number of rotatable bonds is 0. The van der Waals surface area contributed by atoms with Crippen LogP contribution in [0, 0.1) is 39.9 Å². The van der Waals surface area contributed by atoms with Crippen molar-refractivity contribution in [1.29, 1.82) is 0 Å². The fourth-order valence-corrected chi connectivity index (χ4v) is 0. The molecule has 4 heavy (non-hydrogen) atoms. The van der Waals surface area contributed by atoms with E-state index in [1.165, 1.54) is 0 Å². The molecule has 0 heterocycles. The van der Waals surface area contributed by atoms with E-state index in [9.17, 15) is 0 Å². The molecule has 0 aliphatic heterocycles. The van der Waals surface area contributed by atoms with E-state index >= 15 is 0 Å². The van der Waals surface area contributed by atoms with Crippen molar-refractivity contribution in [3.63, 3.8) is 0 Å². The predicted molar refractivity (Wildman–Crippen MR) is 6.34 cm³/mol. The van der Waals surface area contributed by atoms with Crippen LogP contribution in [0.25, 0.3) is 0 Å². The zero-order chi connectivity index (χ0) is 2.71. The van der Waals surface area contributed by atoms with Crippen LogP contribution in [0.3, 0.4) is 0 Å². The Hall–Kier alpha value is 1.20. The molecule has 28 valence electrons. The van der Waals surface area contributed by atoms with Gasteiger partial charge in [-0.15, -0.1) is 0 Å². The molecular weight excluding hydrogens is 205 g/mol. The molecule has 0 aliphatic rings. The van der Waals surface area contributed by atoms with Crippen molar-refractivity contribution < 1.29 is 55.5 Å². The maximum Gasteiger partial charge on any atom is 0 e. The van der Waals surface area contributed by atoms with Gasteiger partial charge in [0.2, 0.25) is 0 Å². The van der Waals surface area contributed by atoms with Crippen molar-refractivity contribution in [2.75, 3.05) is 0 Å². The van der Waals surface area contributed by atoms with Gasteiger partial charge < -0.3 is 0 Å². The molecule has 0 aromatic rings. The Kier molecular flexibility index (Phi) is 19.9. The number of hydrogen-bond acceptors (Lipinski definition) is 3. The molecule has 0 amide bonds. The van der Waals surface area contributed by atoms with Crippen LogP contribution in [0.1, 0.15) is 0 Å². The summed E-state index contributed by atoms with van der Waals surface area (Å²) in [6.07, 6.45) is 0. The monoisotopic (exact) mass is 208 g/mol. The van der Waals surface area contributed by atoms with Gasteiger partial charge in [-0.25, -0.2) is 10.5 Å². The van der Waals surface area contributed by atoms with Crippen LogP contribution in [0.2, 0.25) is 0 Å².